The second kappa shape index (κ2) is 9.80. The van der Waals surface area contributed by atoms with E-state index in [9.17, 15) is 18.3 Å². The van der Waals surface area contributed by atoms with Gasteiger partial charge >= 0.3 is 0 Å². The van der Waals surface area contributed by atoms with Crippen molar-refractivity contribution in [3.05, 3.63) is 114 Å². The SMILES string of the molecule is Cc1ccccc1S(=O)(=O)Nc1cccc(CNC(=O)c2ccc(-c3ccc(O)cc3)cc2)c1. The molecule has 7 heteroatoms. The monoisotopic (exact) mass is 472 g/mol. The number of sulfonamides is 1. The van der Waals surface area contributed by atoms with Crippen LogP contribution >= 0.6 is 0 Å². The predicted octanol–water partition coefficient (Wildman–Crippen LogP) is 5.10. The lowest BCUT2D eigenvalue weighted by Gasteiger charge is -2.12. The van der Waals surface area contributed by atoms with Gasteiger partial charge in [0.05, 0.1) is 4.90 Å². The first-order valence-electron chi connectivity index (χ1n) is 10.7. The summed E-state index contributed by atoms with van der Waals surface area (Å²) in [5, 5.41) is 12.3. The fourth-order valence-corrected chi connectivity index (χ4v) is 4.86. The fraction of sp³-hybridized carbons (Fsp3) is 0.0741. The van der Waals surface area contributed by atoms with Crippen LogP contribution in [-0.2, 0) is 16.6 Å². The Morgan fingerprint density at radius 3 is 2.15 bits per heavy atom. The molecule has 4 rings (SSSR count). The number of rotatable bonds is 7. The van der Waals surface area contributed by atoms with E-state index in [1.807, 2.05) is 30.3 Å². The Kier molecular flexibility index (Phi) is 6.65. The van der Waals surface area contributed by atoms with Gasteiger partial charge in [-0.1, -0.05) is 54.6 Å². The summed E-state index contributed by atoms with van der Waals surface area (Å²) >= 11 is 0. The Morgan fingerprint density at radius 1 is 0.824 bits per heavy atom. The van der Waals surface area contributed by atoms with E-state index >= 15 is 0 Å². The van der Waals surface area contributed by atoms with Crippen LogP contribution in [0.1, 0.15) is 21.5 Å². The van der Waals surface area contributed by atoms with Crippen LogP contribution in [0, 0.1) is 6.92 Å². The largest absolute Gasteiger partial charge is 0.508 e. The van der Waals surface area contributed by atoms with Crippen LogP contribution in [0.25, 0.3) is 11.1 Å². The van der Waals surface area contributed by atoms with E-state index < -0.39 is 10.0 Å². The summed E-state index contributed by atoms with van der Waals surface area (Å²) in [6.07, 6.45) is 0. The Labute approximate surface area is 199 Å². The Bertz CT molecular complexity index is 1410. The number of hydrogen-bond donors (Lipinski definition) is 3. The lowest BCUT2D eigenvalue weighted by atomic mass is 10.0. The molecule has 4 aromatic rings. The lowest BCUT2D eigenvalue weighted by Crippen LogP contribution is -2.22. The maximum atomic E-state index is 12.7. The number of phenols is 1. The van der Waals surface area contributed by atoms with Gasteiger partial charge in [-0.15, -0.1) is 0 Å². The summed E-state index contributed by atoms with van der Waals surface area (Å²) in [5.74, 6) is -0.0325. The van der Waals surface area contributed by atoms with Crippen molar-refractivity contribution in [2.45, 2.75) is 18.4 Å². The summed E-state index contributed by atoms with van der Waals surface area (Å²) in [6.45, 7) is 2.00. The van der Waals surface area contributed by atoms with Crippen molar-refractivity contribution in [2.75, 3.05) is 4.72 Å². The number of carbonyl (C=O) groups excluding carboxylic acids is 1. The average molecular weight is 473 g/mol. The van der Waals surface area contributed by atoms with E-state index in [4.69, 9.17) is 0 Å². The van der Waals surface area contributed by atoms with Gasteiger partial charge in [-0.2, -0.15) is 0 Å². The van der Waals surface area contributed by atoms with E-state index in [0.29, 0.717) is 16.8 Å². The fourth-order valence-electron chi connectivity index (χ4n) is 3.57. The molecule has 0 radical (unpaired) electrons. The standard InChI is InChI=1S/C27H24N2O4S/c1-19-5-2-3-8-26(19)34(32,33)29-24-7-4-6-20(17-24)18-28-27(31)23-11-9-21(10-12-23)22-13-15-25(30)16-14-22/h2-17,29-30H,18H2,1H3,(H,28,31). The van der Waals surface area contributed by atoms with Gasteiger partial charge in [0.1, 0.15) is 5.75 Å². The van der Waals surface area contributed by atoms with Crippen molar-refractivity contribution in [3.63, 3.8) is 0 Å². The van der Waals surface area contributed by atoms with Crippen LogP contribution in [0.3, 0.4) is 0 Å². The highest BCUT2D eigenvalue weighted by Crippen LogP contribution is 2.23. The van der Waals surface area contributed by atoms with Gasteiger partial charge in [-0.3, -0.25) is 9.52 Å². The molecule has 0 aliphatic carbocycles. The molecule has 172 valence electrons. The molecular formula is C27H24N2O4S. The summed E-state index contributed by atoms with van der Waals surface area (Å²) in [6, 6.07) is 27.7. The molecule has 1 amide bonds. The van der Waals surface area contributed by atoms with E-state index in [2.05, 4.69) is 10.0 Å². The molecule has 0 saturated heterocycles. The van der Waals surface area contributed by atoms with Crippen molar-refractivity contribution in [1.29, 1.82) is 0 Å². The van der Waals surface area contributed by atoms with Crippen molar-refractivity contribution in [2.24, 2.45) is 0 Å². The molecular weight excluding hydrogens is 448 g/mol. The van der Waals surface area contributed by atoms with Crippen molar-refractivity contribution in [1.82, 2.24) is 5.32 Å². The minimum Gasteiger partial charge on any atom is -0.508 e. The normalized spacial score (nSPS) is 11.1. The molecule has 0 aromatic heterocycles. The molecule has 0 saturated carbocycles. The van der Waals surface area contributed by atoms with Gasteiger partial charge in [-0.25, -0.2) is 8.42 Å². The highest BCUT2D eigenvalue weighted by atomic mass is 32.2. The summed E-state index contributed by atoms with van der Waals surface area (Å²) in [5.41, 5.74) is 4.24. The number of anilines is 1. The number of benzene rings is 4. The third-order valence-corrected chi connectivity index (χ3v) is 6.90. The molecule has 3 N–H and O–H groups in total. The van der Waals surface area contributed by atoms with Gasteiger partial charge in [0.25, 0.3) is 15.9 Å². The number of amides is 1. The zero-order valence-corrected chi connectivity index (χ0v) is 19.3. The number of aromatic hydroxyl groups is 1. The molecule has 0 fully saturated rings. The van der Waals surface area contributed by atoms with E-state index in [0.717, 1.165) is 16.7 Å². The first-order valence-corrected chi connectivity index (χ1v) is 12.2. The summed E-state index contributed by atoms with van der Waals surface area (Å²) in [4.78, 5) is 12.8. The van der Waals surface area contributed by atoms with E-state index in [-0.39, 0.29) is 23.1 Å². The number of nitrogens with one attached hydrogen (secondary N) is 2. The Morgan fingerprint density at radius 2 is 1.47 bits per heavy atom. The number of hydrogen-bond acceptors (Lipinski definition) is 4. The second-order valence-electron chi connectivity index (χ2n) is 7.88. The third-order valence-electron chi connectivity index (χ3n) is 5.36. The van der Waals surface area contributed by atoms with Gasteiger partial charge in [0.2, 0.25) is 0 Å². The second-order valence-corrected chi connectivity index (χ2v) is 9.53. The molecule has 0 spiro atoms. The number of carbonyl (C=O) groups is 1. The molecule has 0 unspecified atom stereocenters. The minimum absolute atomic E-state index is 0.201. The van der Waals surface area contributed by atoms with E-state index in [1.165, 1.54) is 0 Å². The van der Waals surface area contributed by atoms with Gasteiger partial charge in [-0.05, 0) is 71.6 Å². The van der Waals surface area contributed by atoms with Crippen LogP contribution in [0.15, 0.2) is 102 Å². The summed E-state index contributed by atoms with van der Waals surface area (Å²) < 4.78 is 28.1. The smallest absolute Gasteiger partial charge is 0.262 e. The first-order chi connectivity index (χ1) is 16.3. The van der Waals surface area contributed by atoms with Crippen molar-refractivity contribution >= 4 is 21.6 Å². The van der Waals surface area contributed by atoms with E-state index in [1.54, 1.807) is 73.7 Å². The lowest BCUT2D eigenvalue weighted by molar-refractivity contribution is 0.0951. The van der Waals surface area contributed by atoms with Crippen LogP contribution in [-0.4, -0.2) is 19.4 Å². The van der Waals surface area contributed by atoms with Gasteiger partial charge < -0.3 is 10.4 Å². The number of aryl methyl sites for hydroxylation is 1. The molecule has 0 aliphatic heterocycles. The van der Waals surface area contributed by atoms with Gasteiger partial charge in [0, 0.05) is 17.8 Å². The van der Waals surface area contributed by atoms with Crippen LogP contribution < -0.4 is 10.0 Å². The third kappa shape index (κ3) is 5.44. The highest BCUT2D eigenvalue weighted by molar-refractivity contribution is 7.92. The molecule has 0 heterocycles. The predicted molar refractivity (Wildman–Crippen MR) is 133 cm³/mol. The van der Waals surface area contributed by atoms with Crippen LogP contribution in [0.5, 0.6) is 5.75 Å². The average Bonchev–Trinajstić information content (AvgIpc) is 2.83. The Balaban J connectivity index is 1.40. The highest BCUT2D eigenvalue weighted by Gasteiger charge is 2.16. The summed E-state index contributed by atoms with van der Waals surface area (Å²) in [7, 11) is -3.72. The quantitative estimate of drug-likeness (QED) is 0.349. The topological polar surface area (TPSA) is 95.5 Å². The maximum Gasteiger partial charge on any atom is 0.262 e. The van der Waals surface area contributed by atoms with Crippen molar-refractivity contribution < 1.29 is 18.3 Å². The Hall–Kier alpha value is -4.10. The molecule has 0 bridgehead atoms. The zero-order chi connectivity index (χ0) is 24.1. The number of phenolic OH excluding ortho intramolecular Hbond substituents is 1. The molecule has 34 heavy (non-hydrogen) atoms. The molecule has 0 atom stereocenters. The van der Waals surface area contributed by atoms with Crippen molar-refractivity contribution in [3.8, 4) is 16.9 Å². The van der Waals surface area contributed by atoms with Gasteiger partial charge in [0.15, 0.2) is 0 Å². The molecule has 0 aliphatic rings. The van der Waals surface area contributed by atoms with Crippen LogP contribution in [0.4, 0.5) is 5.69 Å². The molecule has 6 nitrogen and oxygen atoms in total. The molecule has 4 aromatic carbocycles. The first kappa shape index (κ1) is 23.1. The maximum absolute atomic E-state index is 12.7. The zero-order valence-electron chi connectivity index (χ0n) is 18.5. The minimum atomic E-state index is -3.72. The van der Waals surface area contributed by atoms with Crippen LogP contribution in [0.2, 0.25) is 0 Å².